The molecule has 0 radical (unpaired) electrons. The first-order valence-corrected chi connectivity index (χ1v) is 8.07. The molecule has 2 fully saturated rings. The van der Waals surface area contributed by atoms with Gasteiger partial charge in [-0.1, -0.05) is 6.92 Å². The van der Waals surface area contributed by atoms with Crippen molar-refractivity contribution in [1.82, 2.24) is 10.2 Å². The minimum atomic E-state index is 0.808. The van der Waals surface area contributed by atoms with Gasteiger partial charge in [0.25, 0.3) is 0 Å². The van der Waals surface area contributed by atoms with E-state index in [2.05, 4.69) is 28.9 Å². The number of likely N-dealkylation sites (tertiary alicyclic amines) is 1. The van der Waals surface area contributed by atoms with Gasteiger partial charge in [-0.25, -0.2) is 0 Å². The first-order chi connectivity index (χ1) is 7.88. The highest BCUT2D eigenvalue weighted by Gasteiger charge is 2.19. The van der Waals surface area contributed by atoms with Crippen LogP contribution in [0.5, 0.6) is 0 Å². The first kappa shape index (κ1) is 12.7. The zero-order valence-corrected chi connectivity index (χ0v) is 11.4. The highest BCUT2D eigenvalue weighted by atomic mass is 32.2. The van der Waals surface area contributed by atoms with Crippen molar-refractivity contribution >= 4 is 11.8 Å². The maximum Gasteiger partial charge on any atom is 0.0158 e. The molecule has 2 heterocycles. The topological polar surface area (TPSA) is 15.3 Å². The summed E-state index contributed by atoms with van der Waals surface area (Å²) in [5, 5.41) is 3.78. The van der Waals surface area contributed by atoms with Crippen molar-refractivity contribution in [3.8, 4) is 0 Å². The van der Waals surface area contributed by atoms with Crippen molar-refractivity contribution in [2.24, 2.45) is 5.92 Å². The number of piperidine rings is 1. The Morgan fingerprint density at radius 1 is 1.25 bits per heavy atom. The lowest BCUT2D eigenvalue weighted by atomic mass is 9.96. The Morgan fingerprint density at radius 3 is 2.69 bits per heavy atom. The molecule has 1 unspecified atom stereocenters. The predicted molar refractivity (Wildman–Crippen MR) is 73.2 cm³/mol. The van der Waals surface area contributed by atoms with Crippen molar-refractivity contribution in [3.05, 3.63) is 0 Å². The van der Waals surface area contributed by atoms with E-state index in [9.17, 15) is 0 Å². The molecule has 3 heteroatoms. The molecule has 94 valence electrons. The lowest BCUT2D eigenvalue weighted by Gasteiger charge is -2.32. The van der Waals surface area contributed by atoms with Gasteiger partial charge in [0.05, 0.1) is 0 Å². The zero-order chi connectivity index (χ0) is 11.2. The smallest absolute Gasteiger partial charge is 0.0158 e. The fourth-order valence-corrected chi connectivity index (χ4v) is 3.85. The van der Waals surface area contributed by atoms with Gasteiger partial charge in [0.15, 0.2) is 0 Å². The molecule has 0 aromatic rings. The van der Waals surface area contributed by atoms with Gasteiger partial charge in [0.2, 0.25) is 0 Å². The SMILES string of the molecule is CCN1CCC(CNC2CCCSC2)CC1. The zero-order valence-electron chi connectivity index (χ0n) is 10.6. The number of thioether (sulfide) groups is 1. The van der Waals surface area contributed by atoms with Crippen LogP contribution in [-0.4, -0.2) is 48.6 Å². The van der Waals surface area contributed by atoms with Gasteiger partial charge in [-0.15, -0.1) is 0 Å². The molecule has 0 aromatic carbocycles. The van der Waals surface area contributed by atoms with Crippen molar-refractivity contribution in [2.75, 3.05) is 37.7 Å². The second kappa shape index (κ2) is 6.87. The van der Waals surface area contributed by atoms with Gasteiger partial charge in [0.1, 0.15) is 0 Å². The van der Waals surface area contributed by atoms with Crippen LogP contribution in [0.4, 0.5) is 0 Å². The molecule has 0 saturated carbocycles. The molecule has 2 rings (SSSR count). The largest absolute Gasteiger partial charge is 0.313 e. The standard InChI is InChI=1S/C13H26N2S/c1-2-15-7-5-12(6-8-15)10-14-13-4-3-9-16-11-13/h12-14H,2-11H2,1H3. The van der Waals surface area contributed by atoms with Gasteiger partial charge < -0.3 is 10.2 Å². The third-order valence-corrected chi connectivity index (χ3v) is 5.23. The van der Waals surface area contributed by atoms with Crippen LogP contribution in [0, 0.1) is 5.92 Å². The van der Waals surface area contributed by atoms with E-state index in [1.807, 2.05) is 0 Å². The van der Waals surface area contributed by atoms with E-state index in [1.54, 1.807) is 0 Å². The molecular formula is C13H26N2S. The van der Waals surface area contributed by atoms with Crippen LogP contribution in [0.2, 0.25) is 0 Å². The van der Waals surface area contributed by atoms with Gasteiger partial charge >= 0.3 is 0 Å². The molecule has 1 atom stereocenters. The monoisotopic (exact) mass is 242 g/mol. The third kappa shape index (κ3) is 3.94. The third-order valence-electron chi connectivity index (χ3n) is 4.01. The summed E-state index contributed by atoms with van der Waals surface area (Å²) in [6.07, 6.45) is 5.62. The van der Waals surface area contributed by atoms with Gasteiger partial charge in [-0.05, 0) is 63.5 Å². The minimum absolute atomic E-state index is 0.808. The van der Waals surface area contributed by atoms with Crippen molar-refractivity contribution in [2.45, 2.75) is 38.6 Å². The van der Waals surface area contributed by atoms with Gasteiger partial charge in [-0.2, -0.15) is 11.8 Å². The molecule has 16 heavy (non-hydrogen) atoms. The maximum absolute atomic E-state index is 3.78. The van der Waals surface area contributed by atoms with Crippen LogP contribution in [0.25, 0.3) is 0 Å². The molecular weight excluding hydrogens is 216 g/mol. The summed E-state index contributed by atoms with van der Waals surface area (Å²) in [5.41, 5.74) is 0. The summed E-state index contributed by atoms with van der Waals surface area (Å²) >= 11 is 2.12. The fraction of sp³-hybridized carbons (Fsp3) is 1.00. The molecule has 2 aliphatic rings. The molecule has 2 aliphatic heterocycles. The summed E-state index contributed by atoms with van der Waals surface area (Å²) in [6, 6.07) is 0.808. The Bertz CT molecular complexity index is 184. The van der Waals surface area contributed by atoms with E-state index >= 15 is 0 Å². The fourth-order valence-electron chi connectivity index (χ4n) is 2.74. The van der Waals surface area contributed by atoms with E-state index in [0.717, 1.165) is 12.0 Å². The Morgan fingerprint density at radius 2 is 2.06 bits per heavy atom. The van der Waals surface area contributed by atoms with E-state index in [0.29, 0.717) is 0 Å². The van der Waals surface area contributed by atoms with E-state index in [-0.39, 0.29) is 0 Å². The summed E-state index contributed by atoms with van der Waals surface area (Å²) in [5.74, 6) is 3.66. The van der Waals surface area contributed by atoms with Gasteiger partial charge in [-0.3, -0.25) is 0 Å². The Balaban J connectivity index is 1.59. The average Bonchev–Trinajstić information content (AvgIpc) is 2.38. The number of nitrogens with one attached hydrogen (secondary N) is 1. The quantitative estimate of drug-likeness (QED) is 0.814. The molecule has 2 saturated heterocycles. The highest BCUT2D eigenvalue weighted by molar-refractivity contribution is 7.99. The summed E-state index contributed by atoms with van der Waals surface area (Å²) in [4.78, 5) is 2.58. The lowest BCUT2D eigenvalue weighted by Crippen LogP contribution is -2.41. The van der Waals surface area contributed by atoms with Crippen LogP contribution in [0.1, 0.15) is 32.6 Å². The van der Waals surface area contributed by atoms with Crippen LogP contribution < -0.4 is 5.32 Å². The number of hydrogen-bond donors (Lipinski definition) is 1. The molecule has 0 amide bonds. The first-order valence-electron chi connectivity index (χ1n) is 6.92. The summed E-state index contributed by atoms with van der Waals surface area (Å²) in [6.45, 7) is 7.42. The van der Waals surface area contributed by atoms with Crippen LogP contribution in [0.3, 0.4) is 0 Å². The second-order valence-electron chi connectivity index (χ2n) is 5.20. The van der Waals surface area contributed by atoms with Crippen LogP contribution in [0.15, 0.2) is 0 Å². The summed E-state index contributed by atoms with van der Waals surface area (Å²) < 4.78 is 0. The second-order valence-corrected chi connectivity index (χ2v) is 6.35. The van der Waals surface area contributed by atoms with E-state index < -0.39 is 0 Å². The number of nitrogens with zero attached hydrogens (tertiary/aromatic N) is 1. The number of rotatable bonds is 4. The molecule has 0 bridgehead atoms. The maximum atomic E-state index is 3.78. The minimum Gasteiger partial charge on any atom is -0.313 e. The highest BCUT2D eigenvalue weighted by Crippen LogP contribution is 2.19. The van der Waals surface area contributed by atoms with E-state index in [1.165, 1.54) is 63.4 Å². The predicted octanol–water partition coefficient (Wildman–Crippen LogP) is 2.20. The van der Waals surface area contributed by atoms with Gasteiger partial charge in [0, 0.05) is 11.8 Å². The normalized spacial score (nSPS) is 29.4. The van der Waals surface area contributed by atoms with Crippen LogP contribution in [-0.2, 0) is 0 Å². The van der Waals surface area contributed by atoms with Crippen molar-refractivity contribution in [1.29, 1.82) is 0 Å². The van der Waals surface area contributed by atoms with Crippen molar-refractivity contribution < 1.29 is 0 Å². The summed E-state index contributed by atoms with van der Waals surface area (Å²) in [7, 11) is 0. The molecule has 1 N–H and O–H groups in total. The van der Waals surface area contributed by atoms with E-state index in [4.69, 9.17) is 0 Å². The van der Waals surface area contributed by atoms with Crippen LogP contribution >= 0.6 is 11.8 Å². The lowest BCUT2D eigenvalue weighted by molar-refractivity contribution is 0.187. The molecule has 0 spiro atoms. The van der Waals surface area contributed by atoms with Crippen molar-refractivity contribution in [3.63, 3.8) is 0 Å². The Labute approximate surface area is 105 Å². The Hall–Kier alpha value is 0.270. The Kier molecular flexibility index (Phi) is 5.46. The molecule has 0 aliphatic carbocycles. The average molecular weight is 242 g/mol. The molecule has 0 aromatic heterocycles. The molecule has 2 nitrogen and oxygen atoms in total. The number of hydrogen-bond acceptors (Lipinski definition) is 3.